The summed E-state index contributed by atoms with van der Waals surface area (Å²) >= 11 is 0. The summed E-state index contributed by atoms with van der Waals surface area (Å²) in [5.74, 6) is 0. The van der Waals surface area contributed by atoms with Gasteiger partial charge in [-0.15, -0.1) is 0 Å². The van der Waals surface area contributed by atoms with Gasteiger partial charge in [0.1, 0.15) is 0 Å². The molecule has 1 amide bonds. The van der Waals surface area contributed by atoms with E-state index >= 15 is 0 Å². The second-order valence-electron chi connectivity index (χ2n) is 5.37. The van der Waals surface area contributed by atoms with Crippen LogP contribution in [0.1, 0.15) is 16.7 Å². The van der Waals surface area contributed by atoms with Crippen molar-refractivity contribution in [3.05, 3.63) is 59.3 Å². The number of nitrogens with zero attached hydrogens (tertiary/aromatic N) is 2. The maximum Gasteiger partial charge on any atom is 0.347 e. The van der Waals surface area contributed by atoms with Crippen molar-refractivity contribution in [2.45, 2.75) is 20.8 Å². The van der Waals surface area contributed by atoms with Gasteiger partial charge < -0.3 is 5.32 Å². The number of rotatable bonds is 1. The van der Waals surface area contributed by atoms with Gasteiger partial charge in [-0.3, -0.25) is 0 Å². The lowest BCUT2D eigenvalue weighted by Crippen LogP contribution is -2.21. The highest BCUT2D eigenvalue weighted by atomic mass is 16.2. The number of carbonyl (C=O) groups is 1. The highest BCUT2D eigenvalue weighted by molar-refractivity contribution is 5.97. The number of carbonyl (C=O) groups excluding carboxylic acids is 1. The predicted octanol–water partition coefficient (Wildman–Crippen LogP) is 4.04. The van der Waals surface area contributed by atoms with Crippen LogP contribution in [0.4, 0.5) is 10.5 Å². The van der Waals surface area contributed by atoms with Gasteiger partial charge in [0.05, 0.1) is 11.7 Å². The molecule has 0 spiro atoms. The molecule has 0 unspecified atom stereocenters. The summed E-state index contributed by atoms with van der Waals surface area (Å²) in [7, 11) is 0. The van der Waals surface area contributed by atoms with Crippen molar-refractivity contribution in [3.8, 4) is 0 Å². The molecule has 106 valence electrons. The lowest BCUT2D eigenvalue weighted by Gasteiger charge is -2.09. The number of aryl methyl sites for hydroxylation is 3. The van der Waals surface area contributed by atoms with E-state index in [-0.39, 0.29) is 6.03 Å². The van der Waals surface area contributed by atoms with Crippen molar-refractivity contribution in [3.63, 3.8) is 0 Å². The van der Waals surface area contributed by atoms with E-state index in [4.69, 9.17) is 0 Å². The second kappa shape index (κ2) is 5.05. The van der Waals surface area contributed by atoms with E-state index < -0.39 is 0 Å². The fourth-order valence-corrected chi connectivity index (χ4v) is 2.33. The van der Waals surface area contributed by atoms with Gasteiger partial charge in [0.15, 0.2) is 0 Å². The van der Waals surface area contributed by atoms with Crippen molar-refractivity contribution < 1.29 is 4.79 Å². The molecule has 21 heavy (non-hydrogen) atoms. The van der Waals surface area contributed by atoms with E-state index in [0.29, 0.717) is 0 Å². The van der Waals surface area contributed by atoms with Gasteiger partial charge in [-0.1, -0.05) is 24.3 Å². The number of fused-ring (bicyclic) bond motifs is 1. The Balaban J connectivity index is 1.97. The second-order valence-corrected chi connectivity index (χ2v) is 5.37. The van der Waals surface area contributed by atoms with Crippen LogP contribution in [0, 0.1) is 20.8 Å². The Morgan fingerprint density at radius 3 is 2.57 bits per heavy atom. The minimum Gasteiger partial charge on any atom is -0.306 e. The van der Waals surface area contributed by atoms with Gasteiger partial charge >= 0.3 is 6.03 Å². The first kappa shape index (κ1) is 13.4. The molecular weight excluding hydrogens is 262 g/mol. The number of hydrogen-bond acceptors (Lipinski definition) is 2. The fourth-order valence-electron chi connectivity index (χ4n) is 2.33. The lowest BCUT2D eigenvalue weighted by atomic mass is 10.1. The van der Waals surface area contributed by atoms with Crippen LogP contribution in [-0.4, -0.2) is 15.8 Å². The predicted molar refractivity (Wildman–Crippen MR) is 84.8 cm³/mol. The average molecular weight is 279 g/mol. The van der Waals surface area contributed by atoms with Crippen molar-refractivity contribution in [1.82, 2.24) is 9.78 Å². The largest absolute Gasteiger partial charge is 0.347 e. The Kier molecular flexibility index (Phi) is 3.22. The maximum atomic E-state index is 12.5. The molecule has 0 aliphatic heterocycles. The molecule has 4 nitrogen and oxygen atoms in total. The average Bonchev–Trinajstić information content (AvgIpc) is 2.85. The minimum absolute atomic E-state index is 0.246. The van der Waals surface area contributed by atoms with E-state index in [1.807, 2.05) is 57.2 Å². The Morgan fingerprint density at radius 1 is 1.05 bits per heavy atom. The van der Waals surface area contributed by atoms with E-state index in [9.17, 15) is 4.79 Å². The normalized spacial score (nSPS) is 10.8. The monoisotopic (exact) mass is 279 g/mol. The Bertz CT molecular complexity index is 833. The third-order valence-corrected chi connectivity index (χ3v) is 3.55. The summed E-state index contributed by atoms with van der Waals surface area (Å²) in [5, 5.41) is 8.07. The molecule has 0 saturated heterocycles. The van der Waals surface area contributed by atoms with Crippen LogP contribution in [-0.2, 0) is 0 Å². The number of amides is 1. The summed E-state index contributed by atoms with van der Waals surface area (Å²) in [6, 6.07) is 11.7. The third kappa shape index (κ3) is 2.52. The van der Waals surface area contributed by atoms with Gasteiger partial charge in [0.25, 0.3) is 0 Å². The lowest BCUT2D eigenvalue weighted by molar-refractivity contribution is 0.252. The number of anilines is 1. The molecule has 0 bridgehead atoms. The molecule has 0 aliphatic rings. The maximum absolute atomic E-state index is 12.5. The Hall–Kier alpha value is -2.62. The first-order valence-corrected chi connectivity index (χ1v) is 6.87. The van der Waals surface area contributed by atoms with Crippen molar-refractivity contribution in [2.24, 2.45) is 0 Å². The van der Waals surface area contributed by atoms with Crippen molar-refractivity contribution >= 4 is 22.6 Å². The molecule has 3 rings (SSSR count). The highest BCUT2D eigenvalue weighted by Gasteiger charge is 2.12. The van der Waals surface area contributed by atoms with Crippen LogP contribution in [0.5, 0.6) is 0 Å². The number of aromatic nitrogens is 2. The molecule has 0 aliphatic carbocycles. The van der Waals surface area contributed by atoms with Crippen LogP contribution >= 0.6 is 0 Å². The van der Waals surface area contributed by atoms with Crippen LogP contribution in [0.25, 0.3) is 10.9 Å². The fraction of sp³-hybridized carbons (Fsp3) is 0.176. The standard InChI is InChI=1S/C17H17N3O/c1-11-4-6-13(3)15(8-11)19-17(21)20-16-9-12(2)5-7-14(16)10-18-20/h4-10H,1-3H3,(H,19,21). The first-order valence-electron chi connectivity index (χ1n) is 6.87. The number of benzene rings is 2. The zero-order valence-corrected chi connectivity index (χ0v) is 12.3. The molecule has 0 atom stereocenters. The zero-order valence-electron chi connectivity index (χ0n) is 12.3. The summed E-state index contributed by atoms with van der Waals surface area (Å²) in [6.45, 7) is 5.97. The van der Waals surface area contributed by atoms with Gasteiger partial charge in [-0.2, -0.15) is 9.78 Å². The van der Waals surface area contributed by atoms with Crippen LogP contribution in [0.2, 0.25) is 0 Å². The third-order valence-electron chi connectivity index (χ3n) is 3.55. The summed E-state index contributed by atoms with van der Waals surface area (Å²) in [4.78, 5) is 12.5. The van der Waals surface area contributed by atoms with Gasteiger partial charge in [-0.25, -0.2) is 4.79 Å². The SMILES string of the molecule is Cc1ccc(C)c(NC(=O)n2ncc3ccc(C)cc32)c1. The van der Waals surface area contributed by atoms with Crippen LogP contribution in [0.15, 0.2) is 42.6 Å². The molecule has 2 aromatic carbocycles. The topological polar surface area (TPSA) is 46.9 Å². The minimum atomic E-state index is -0.246. The number of nitrogens with one attached hydrogen (secondary N) is 1. The summed E-state index contributed by atoms with van der Waals surface area (Å²) < 4.78 is 1.41. The molecule has 1 aromatic heterocycles. The molecule has 0 radical (unpaired) electrons. The number of hydrogen-bond donors (Lipinski definition) is 1. The Morgan fingerprint density at radius 2 is 1.76 bits per heavy atom. The molecule has 4 heteroatoms. The van der Waals surface area contributed by atoms with E-state index in [0.717, 1.165) is 33.3 Å². The smallest absolute Gasteiger partial charge is 0.306 e. The quantitative estimate of drug-likeness (QED) is 0.730. The molecule has 1 heterocycles. The van der Waals surface area contributed by atoms with Crippen LogP contribution < -0.4 is 5.32 Å². The molecule has 3 aromatic rings. The summed E-state index contributed by atoms with van der Waals surface area (Å²) in [5.41, 5.74) is 4.87. The van der Waals surface area contributed by atoms with E-state index in [2.05, 4.69) is 10.4 Å². The van der Waals surface area contributed by atoms with Gasteiger partial charge in [0.2, 0.25) is 0 Å². The first-order chi connectivity index (χ1) is 10.0. The van der Waals surface area contributed by atoms with Gasteiger partial charge in [0, 0.05) is 11.1 Å². The molecule has 0 saturated carbocycles. The van der Waals surface area contributed by atoms with Crippen molar-refractivity contribution in [2.75, 3.05) is 5.32 Å². The Labute approximate surface area is 123 Å². The summed E-state index contributed by atoms with van der Waals surface area (Å²) in [6.07, 6.45) is 1.71. The highest BCUT2D eigenvalue weighted by Crippen LogP contribution is 2.19. The van der Waals surface area contributed by atoms with Crippen molar-refractivity contribution in [1.29, 1.82) is 0 Å². The molecule has 1 N–H and O–H groups in total. The molecule has 0 fully saturated rings. The van der Waals surface area contributed by atoms with Gasteiger partial charge in [-0.05, 0) is 49.6 Å². The van der Waals surface area contributed by atoms with E-state index in [1.165, 1.54) is 4.68 Å². The van der Waals surface area contributed by atoms with Crippen LogP contribution in [0.3, 0.4) is 0 Å². The van der Waals surface area contributed by atoms with E-state index in [1.54, 1.807) is 6.20 Å². The zero-order chi connectivity index (χ0) is 15.0. The molecular formula is C17H17N3O.